The number of nitrogens with one attached hydrogen (secondary N) is 1. The zero-order valence-corrected chi connectivity index (χ0v) is 10.8. The Hall–Kier alpha value is -1.20. The third-order valence-corrected chi connectivity index (χ3v) is 3.35. The second-order valence-corrected chi connectivity index (χ2v) is 4.80. The van der Waals surface area contributed by atoms with Gasteiger partial charge in [-0.2, -0.15) is 0 Å². The number of ether oxygens (including phenoxy) is 1. The van der Waals surface area contributed by atoms with E-state index in [0.717, 1.165) is 25.9 Å². The summed E-state index contributed by atoms with van der Waals surface area (Å²) in [4.78, 5) is 24.4. The van der Waals surface area contributed by atoms with Crippen LogP contribution in [0.4, 0.5) is 0 Å². The Morgan fingerprint density at radius 2 is 2.11 bits per heavy atom. The molecule has 2 aliphatic heterocycles. The van der Waals surface area contributed by atoms with Crippen LogP contribution in [0.3, 0.4) is 0 Å². The molecule has 2 amide bonds. The van der Waals surface area contributed by atoms with Crippen molar-refractivity contribution in [2.75, 3.05) is 26.2 Å². The van der Waals surface area contributed by atoms with Gasteiger partial charge in [0.15, 0.2) is 0 Å². The number of piperidine rings is 1. The molecular weight excluding hydrogens is 232 g/mol. The van der Waals surface area contributed by atoms with Gasteiger partial charge >= 0.3 is 0 Å². The number of carbonyl (C=O) groups excluding carboxylic acids is 2. The predicted molar refractivity (Wildman–Crippen MR) is 66.9 cm³/mol. The molecule has 0 bridgehead atoms. The van der Waals surface area contributed by atoms with Gasteiger partial charge in [0.1, 0.15) is 0 Å². The Labute approximate surface area is 107 Å². The van der Waals surface area contributed by atoms with E-state index in [-0.39, 0.29) is 11.8 Å². The molecule has 2 rings (SSSR count). The number of carbonyl (C=O) groups is 2. The molecule has 5 nitrogen and oxygen atoms in total. The van der Waals surface area contributed by atoms with E-state index in [2.05, 4.69) is 5.32 Å². The normalized spacial score (nSPS) is 21.6. The van der Waals surface area contributed by atoms with Gasteiger partial charge in [-0.05, 0) is 39.3 Å². The average molecular weight is 252 g/mol. The smallest absolute Gasteiger partial charge is 0.256 e. The SMILES string of the molecule is CC1=CC(=O)N(CCCOC2CCNCC2)C1=O. The Balaban J connectivity index is 1.64. The van der Waals surface area contributed by atoms with Crippen molar-refractivity contribution in [3.05, 3.63) is 11.6 Å². The van der Waals surface area contributed by atoms with Crippen molar-refractivity contribution >= 4 is 11.8 Å². The molecule has 1 fully saturated rings. The molecule has 2 aliphatic rings. The third kappa shape index (κ3) is 3.17. The lowest BCUT2D eigenvalue weighted by Crippen LogP contribution is -2.34. The van der Waals surface area contributed by atoms with Gasteiger partial charge < -0.3 is 10.1 Å². The zero-order chi connectivity index (χ0) is 13.0. The van der Waals surface area contributed by atoms with E-state index < -0.39 is 0 Å². The minimum absolute atomic E-state index is 0.165. The molecule has 18 heavy (non-hydrogen) atoms. The fraction of sp³-hybridized carbons (Fsp3) is 0.692. The van der Waals surface area contributed by atoms with Crippen LogP contribution < -0.4 is 5.32 Å². The first-order valence-electron chi connectivity index (χ1n) is 6.55. The molecule has 0 atom stereocenters. The van der Waals surface area contributed by atoms with Gasteiger partial charge in [0.05, 0.1) is 6.10 Å². The first-order valence-corrected chi connectivity index (χ1v) is 6.55. The van der Waals surface area contributed by atoms with Gasteiger partial charge in [0.2, 0.25) is 0 Å². The minimum atomic E-state index is -0.195. The largest absolute Gasteiger partial charge is 0.378 e. The van der Waals surface area contributed by atoms with Crippen molar-refractivity contribution in [1.82, 2.24) is 10.2 Å². The fourth-order valence-corrected chi connectivity index (χ4v) is 2.28. The zero-order valence-electron chi connectivity index (χ0n) is 10.8. The van der Waals surface area contributed by atoms with Crippen molar-refractivity contribution in [3.63, 3.8) is 0 Å². The molecule has 0 radical (unpaired) electrons. The first-order chi connectivity index (χ1) is 8.68. The van der Waals surface area contributed by atoms with Crippen molar-refractivity contribution in [3.8, 4) is 0 Å². The molecule has 0 aromatic rings. The lowest BCUT2D eigenvalue weighted by Gasteiger charge is -2.23. The fourth-order valence-electron chi connectivity index (χ4n) is 2.28. The van der Waals surface area contributed by atoms with E-state index in [9.17, 15) is 9.59 Å². The van der Waals surface area contributed by atoms with Crippen LogP contribution in [0.1, 0.15) is 26.2 Å². The molecule has 0 aromatic heterocycles. The van der Waals surface area contributed by atoms with Crippen molar-refractivity contribution < 1.29 is 14.3 Å². The van der Waals surface area contributed by atoms with Gasteiger partial charge in [-0.3, -0.25) is 14.5 Å². The van der Waals surface area contributed by atoms with Crippen LogP contribution in [0.2, 0.25) is 0 Å². The van der Waals surface area contributed by atoms with E-state index in [1.54, 1.807) is 6.92 Å². The maximum atomic E-state index is 11.6. The summed E-state index contributed by atoms with van der Waals surface area (Å²) in [5, 5.41) is 3.28. The van der Waals surface area contributed by atoms with E-state index in [1.165, 1.54) is 11.0 Å². The molecular formula is C13H20N2O3. The Kier molecular flexibility index (Phi) is 4.49. The monoisotopic (exact) mass is 252 g/mol. The molecule has 0 unspecified atom stereocenters. The van der Waals surface area contributed by atoms with Crippen LogP contribution in [-0.2, 0) is 14.3 Å². The molecule has 1 N–H and O–H groups in total. The number of nitrogens with zero attached hydrogens (tertiary/aromatic N) is 1. The highest BCUT2D eigenvalue weighted by molar-refractivity contribution is 6.15. The number of hydrogen-bond acceptors (Lipinski definition) is 4. The Morgan fingerprint density at radius 3 is 2.72 bits per heavy atom. The number of amides is 2. The summed E-state index contributed by atoms with van der Waals surface area (Å²) in [6, 6.07) is 0. The molecule has 100 valence electrons. The van der Waals surface area contributed by atoms with Gasteiger partial charge in [0, 0.05) is 24.8 Å². The lowest BCUT2D eigenvalue weighted by molar-refractivity contribution is -0.137. The highest BCUT2D eigenvalue weighted by Crippen LogP contribution is 2.13. The van der Waals surface area contributed by atoms with Crippen LogP contribution in [-0.4, -0.2) is 49.1 Å². The Bertz CT molecular complexity index is 359. The lowest BCUT2D eigenvalue weighted by atomic mass is 10.1. The highest BCUT2D eigenvalue weighted by Gasteiger charge is 2.27. The van der Waals surface area contributed by atoms with Gasteiger partial charge in [-0.1, -0.05) is 0 Å². The quantitative estimate of drug-likeness (QED) is 0.570. The maximum Gasteiger partial charge on any atom is 0.256 e. The maximum absolute atomic E-state index is 11.6. The van der Waals surface area contributed by atoms with Crippen molar-refractivity contribution in [2.24, 2.45) is 0 Å². The van der Waals surface area contributed by atoms with E-state index in [1.807, 2.05) is 0 Å². The summed E-state index contributed by atoms with van der Waals surface area (Å²) in [6.45, 7) is 4.76. The molecule has 0 spiro atoms. The van der Waals surface area contributed by atoms with Gasteiger partial charge in [-0.15, -0.1) is 0 Å². The molecule has 0 saturated carbocycles. The number of hydrogen-bond donors (Lipinski definition) is 1. The van der Waals surface area contributed by atoms with Gasteiger partial charge in [-0.25, -0.2) is 0 Å². The van der Waals surface area contributed by atoms with E-state index in [0.29, 0.717) is 31.2 Å². The van der Waals surface area contributed by atoms with Crippen LogP contribution >= 0.6 is 0 Å². The van der Waals surface area contributed by atoms with Crippen LogP contribution in [0.15, 0.2) is 11.6 Å². The molecule has 0 aliphatic carbocycles. The van der Waals surface area contributed by atoms with Crippen LogP contribution in [0.5, 0.6) is 0 Å². The van der Waals surface area contributed by atoms with Crippen LogP contribution in [0, 0.1) is 0 Å². The summed E-state index contributed by atoms with van der Waals surface area (Å²) < 4.78 is 5.73. The summed E-state index contributed by atoms with van der Waals surface area (Å²) in [7, 11) is 0. The summed E-state index contributed by atoms with van der Waals surface area (Å²) in [5.41, 5.74) is 0.527. The molecule has 5 heteroatoms. The standard InChI is InChI=1S/C13H20N2O3/c1-10-9-12(16)15(13(10)17)7-2-8-18-11-3-5-14-6-4-11/h9,11,14H,2-8H2,1H3. The topological polar surface area (TPSA) is 58.6 Å². The predicted octanol–water partition coefficient (Wildman–Crippen LogP) is 0.460. The summed E-state index contributed by atoms with van der Waals surface area (Å²) >= 11 is 0. The molecule has 1 saturated heterocycles. The van der Waals surface area contributed by atoms with Gasteiger partial charge in [0.25, 0.3) is 11.8 Å². The van der Waals surface area contributed by atoms with Crippen molar-refractivity contribution in [2.45, 2.75) is 32.3 Å². The number of imide groups is 1. The molecule has 2 heterocycles. The van der Waals surface area contributed by atoms with E-state index in [4.69, 9.17) is 4.74 Å². The first kappa shape index (κ1) is 13.2. The second kappa shape index (κ2) is 6.11. The second-order valence-electron chi connectivity index (χ2n) is 4.80. The highest BCUT2D eigenvalue weighted by atomic mass is 16.5. The minimum Gasteiger partial charge on any atom is -0.378 e. The molecule has 0 aromatic carbocycles. The van der Waals surface area contributed by atoms with E-state index >= 15 is 0 Å². The number of rotatable bonds is 5. The average Bonchev–Trinajstić information content (AvgIpc) is 2.61. The van der Waals surface area contributed by atoms with Crippen LogP contribution in [0.25, 0.3) is 0 Å². The summed E-state index contributed by atoms with van der Waals surface area (Å²) in [5.74, 6) is -0.360. The Morgan fingerprint density at radius 1 is 1.39 bits per heavy atom. The van der Waals surface area contributed by atoms with Crippen molar-refractivity contribution in [1.29, 1.82) is 0 Å². The summed E-state index contributed by atoms with van der Waals surface area (Å²) in [6.07, 6.45) is 4.53. The third-order valence-electron chi connectivity index (χ3n) is 3.35.